The van der Waals surface area contributed by atoms with E-state index in [4.69, 9.17) is 0 Å². The third-order valence-corrected chi connectivity index (χ3v) is 3.78. The fourth-order valence-electron chi connectivity index (χ4n) is 2.16. The molecule has 3 rings (SSSR count). The minimum Gasteiger partial charge on any atom is -0.353 e. The molecule has 0 radical (unpaired) electrons. The van der Waals surface area contributed by atoms with Crippen molar-refractivity contribution in [2.24, 2.45) is 0 Å². The lowest BCUT2D eigenvalue weighted by Crippen LogP contribution is -2.49. The topological polar surface area (TPSA) is 49.3 Å². The molecule has 0 bridgehead atoms. The van der Waals surface area contributed by atoms with Gasteiger partial charge in [0.1, 0.15) is 11.5 Å². The second kappa shape index (κ2) is 5.36. The number of pyridine rings is 1. The highest BCUT2D eigenvalue weighted by molar-refractivity contribution is 7.07. The minimum absolute atomic E-state index is 0.0296. The molecular weight excluding hydrogens is 260 g/mol. The van der Waals surface area contributed by atoms with Crippen molar-refractivity contribution in [3.63, 3.8) is 0 Å². The van der Waals surface area contributed by atoms with Crippen molar-refractivity contribution < 1.29 is 4.79 Å². The Morgan fingerprint density at radius 2 is 2.00 bits per heavy atom. The first-order valence-corrected chi connectivity index (χ1v) is 7.12. The van der Waals surface area contributed by atoms with Crippen molar-refractivity contribution in [2.45, 2.75) is 0 Å². The summed E-state index contributed by atoms with van der Waals surface area (Å²) < 4.78 is 0. The molecule has 0 unspecified atom stereocenters. The lowest BCUT2D eigenvalue weighted by Gasteiger charge is -2.35. The fraction of sp³-hybridized carbons (Fsp3) is 0.308. The van der Waals surface area contributed by atoms with E-state index in [2.05, 4.69) is 14.9 Å². The van der Waals surface area contributed by atoms with Gasteiger partial charge in [-0.05, 0) is 12.1 Å². The molecule has 1 aliphatic rings. The van der Waals surface area contributed by atoms with Crippen LogP contribution in [0.1, 0.15) is 10.5 Å². The maximum absolute atomic E-state index is 12.1. The van der Waals surface area contributed by atoms with Crippen molar-refractivity contribution in [1.29, 1.82) is 0 Å². The monoisotopic (exact) mass is 274 g/mol. The maximum atomic E-state index is 12.1. The summed E-state index contributed by atoms with van der Waals surface area (Å²) in [5.41, 5.74) is 2.24. The predicted octanol–water partition coefficient (Wildman–Crippen LogP) is 1.50. The van der Waals surface area contributed by atoms with Gasteiger partial charge in [0.25, 0.3) is 5.91 Å². The molecule has 98 valence electrons. The van der Waals surface area contributed by atoms with E-state index in [1.807, 2.05) is 23.1 Å². The summed E-state index contributed by atoms with van der Waals surface area (Å²) in [6.45, 7) is 3.06. The molecule has 2 aromatic heterocycles. The average molecular weight is 274 g/mol. The number of piperazine rings is 1. The molecule has 2 aromatic rings. The molecule has 1 saturated heterocycles. The predicted molar refractivity (Wildman–Crippen MR) is 74.5 cm³/mol. The largest absolute Gasteiger partial charge is 0.353 e. The van der Waals surface area contributed by atoms with E-state index in [1.165, 1.54) is 11.3 Å². The van der Waals surface area contributed by atoms with Gasteiger partial charge >= 0.3 is 0 Å². The molecule has 0 spiro atoms. The average Bonchev–Trinajstić information content (AvgIpc) is 3.02. The molecule has 19 heavy (non-hydrogen) atoms. The van der Waals surface area contributed by atoms with E-state index in [0.29, 0.717) is 18.8 Å². The molecule has 6 heteroatoms. The summed E-state index contributed by atoms with van der Waals surface area (Å²) in [6, 6.07) is 5.89. The summed E-state index contributed by atoms with van der Waals surface area (Å²) in [4.78, 5) is 24.6. The van der Waals surface area contributed by atoms with Crippen LogP contribution in [-0.4, -0.2) is 47.0 Å². The van der Waals surface area contributed by atoms with Crippen LogP contribution >= 0.6 is 11.3 Å². The highest BCUT2D eigenvalue weighted by Gasteiger charge is 2.23. The molecule has 0 N–H and O–H groups in total. The van der Waals surface area contributed by atoms with E-state index in [1.54, 1.807) is 17.1 Å². The number of amides is 1. The number of nitrogens with zero attached hydrogens (tertiary/aromatic N) is 4. The summed E-state index contributed by atoms with van der Waals surface area (Å²) in [7, 11) is 0. The van der Waals surface area contributed by atoms with Crippen LogP contribution in [0.25, 0.3) is 0 Å². The van der Waals surface area contributed by atoms with Gasteiger partial charge in [0, 0.05) is 37.8 Å². The lowest BCUT2D eigenvalue weighted by atomic mass is 10.3. The molecule has 1 fully saturated rings. The van der Waals surface area contributed by atoms with Crippen LogP contribution in [0.5, 0.6) is 0 Å². The van der Waals surface area contributed by atoms with Crippen LogP contribution in [-0.2, 0) is 0 Å². The van der Waals surface area contributed by atoms with Crippen molar-refractivity contribution >= 4 is 23.1 Å². The summed E-state index contributed by atoms with van der Waals surface area (Å²) in [5.74, 6) is 1.00. The van der Waals surface area contributed by atoms with Crippen LogP contribution in [0.3, 0.4) is 0 Å². The van der Waals surface area contributed by atoms with E-state index in [9.17, 15) is 4.79 Å². The highest BCUT2D eigenvalue weighted by Crippen LogP contribution is 2.14. The van der Waals surface area contributed by atoms with E-state index >= 15 is 0 Å². The quantitative estimate of drug-likeness (QED) is 0.832. The third-order valence-electron chi connectivity index (χ3n) is 3.19. The van der Waals surface area contributed by atoms with Crippen LogP contribution in [0.15, 0.2) is 35.3 Å². The molecular formula is C13H14N4OS. The Balaban J connectivity index is 1.62. The minimum atomic E-state index is 0.0296. The van der Waals surface area contributed by atoms with Crippen LogP contribution in [0, 0.1) is 0 Å². The second-order valence-electron chi connectivity index (χ2n) is 4.34. The van der Waals surface area contributed by atoms with Gasteiger partial charge in [0.2, 0.25) is 0 Å². The third kappa shape index (κ3) is 2.58. The van der Waals surface area contributed by atoms with Gasteiger partial charge in [-0.15, -0.1) is 11.3 Å². The van der Waals surface area contributed by atoms with Crippen molar-refractivity contribution in [3.8, 4) is 0 Å². The van der Waals surface area contributed by atoms with Gasteiger partial charge in [0.05, 0.1) is 5.51 Å². The Kier molecular flexibility index (Phi) is 3.41. The van der Waals surface area contributed by atoms with Gasteiger partial charge in [-0.25, -0.2) is 9.97 Å². The van der Waals surface area contributed by atoms with Gasteiger partial charge in [0.15, 0.2) is 0 Å². The number of rotatable bonds is 2. The summed E-state index contributed by atoms with van der Waals surface area (Å²) >= 11 is 1.45. The lowest BCUT2D eigenvalue weighted by molar-refractivity contribution is 0.0741. The Morgan fingerprint density at radius 3 is 2.63 bits per heavy atom. The van der Waals surface area contributed by atoms with Gasteiger partial charge in [-0.2, -0.15) is 0 Å². The van der Waals surface area contributed by atoms with E-state index < -0.39 is 0 Å². The van der Waals surface area contributed by atoms with Crippen molar-refractivity contribution in [3.05, 3.63) is 41.0 Å². The first kappa shape index (κ1) is 12.1. The molecule has 1 amide bonds. The zero-order valence-electron chi connectivity index (χ0n) is 10.4. The molecule has 0 saturated carbocycles. The molecule has 5 nitrogen and oxygen atoms in total. The van der Waals surface area contributed by atoms with Crippen LogP contribution in [0.2, 0.25) is 0 Å². The van der Waals surface area contributed by atoms with Crippen LogP contribution < -0.4 is 4.90 Å². The number of hydrogen-bond donors (Lipinski definition) is 0. The Bertz CT molecular complexity index is 535. The second-order valence-corrected chi connectivity index (χ2v) is 5.06. The highest BCUT2D eigenvalue weighted by atomic mass is 32.1. The van der Waals surface area contributed by atoms with Gasteiger partial charge in [-0.3, -0.25) is 4.79 Å². The summed E-state index contributed by atoms with van der Waals surface area (Å²) in [6.07, 6.45) is 1.79. The number of hydrogen-bond acceptors (Lipinski definition) is 5. The molecule has 3 heterocycles. The standard InChI is InChI=1S/C13H14N4OS/c18-13(11-9-19-10-15-11)17-7-5-16(6-8-17)12-3-1-2-4-14-12/h1-4,9-10H,5-8H2. The van der Waals surface area contributed by atoms with Crippen molar-refractivity contribution in [2.75, 3.05) is 31.1 Å². The molecule has 0 atom stereocenters. The first-order valence-electron chi connectivity index (χ1n) is 6.18. The smallest absolute Gasteiger partial charge is 0.273 e. The number of thiazole rings is 1. The van der Waals surface area contributed by atoms with Gasteiger partial charge < -0.3 is 9.80 Å². The SMILES string of the molecule is O=C(c1cscn1)N1CCN(c2ccccn2)CC1. The van der Waals surface area contributed by atoms with Gasteiger partial charge in [-0.1, -0.05) is 6.07 Å². The Hall–Kier alpha value is -1.95. The van der Waals surface area contributed by atoms with E-state index in [-0.39, 0.29) is 5.91 Å². The summed E-state index contributed by atoms with van der Waals surface area (Å²) in [5, 5.41) is 1.80. The Morgan fingerprint density at radius 1 is 1.16 bits per heavy atom. The molecule has 1 aliphatic heterocycles. The number of carbonyl (C=O) groups is 1. The van der Waals surface area contributed by atoms with Crippen molar-refractivity contribution in [1.82, 2.24) is 14.9 Å². The zero-order valence-corrected chi connectivity index (χ0v) is 11.2. The fourth-order valence-corrected chi connectivity index (χ4v) is 2.69. The molecule has 0 aliphatic carbocycles. The maximum Gasteiger partial charge on any atom is 0.273 e. The zero-order chi connectivity index (χ0) is 13.1. The van der Waals surface area contributed by atoms with Crippen LogP contribution in [0.4, 0.5) is 5.82 Å². The van der Waals surface area contributed by atoms with E-state index in [0.717, 1.165) is 18.9 Å². The first-order chi connectivity index (χ1) is 9.34. The number of aromatic nitrogens is 2. The number of carbonyl (C=O) groups excluding carboxylic acids is 1. The molecule has 0 aromatic carbocycles. The Labute approximate surface area is 115 Å². The number of anilines is 1. The normalized spacial score (nSPS) is 15.6.